The highest BCUT2D eigenvalue weighted by atomic mass is 14.7. The summed E-state index contributed by atoms with van der Waals surface area (Å²) in [5.41, 5.74) is 6.78. The van der Waals surface area contributed by atoms with Crippen molar-refractivity contribution in [1.29, 1.82) is 0 Å². The number of nitrogens with two attached hydrogens (primary N) is 1. The number of hydrogen-bond acceptors (Lipinski definition) is 1. The third-order valence-corrected chi connectivity index (χ3v) is 4.85. The Kier molecular flexibility index (Phi) is 3.71. The van der Waals surface area contributed by atoms with Gasteiger partial charge in [0.05, 0.1) is 0 Å². The van der Waals surface area contributed by atoms with Crippen LogP contribution < -0.4 is 5.73 Å². The zero-order chi connectivity index (χ0) is 10.7. The lowest BCUT2D eigenvalue weighted by atomic mass is 9.72. The maximum atomic E-state index is 6.56. The lowest BCUT2D eigenvalue weighted by molar-refractivity contribution is 0.193. The summed E-state index contributed by atoms with van der Waals surface area (Å²) in [5, 5.41) is 0. The highest BCUT2D eigenvalue weighted by Gasteiger charge is 2.33. The number of hydrogen-bond donors (Lipinski definition) is 1. The Labute approximate surface area is 94.8 Å². The molecule has 2 aliphatic rings. The van der Waals surface area contributed by atoms with Gasteiger partial charge >= 0.3 is 0 Å². The van der Waals surface area contributed by atoms with Gasteiger partial charge in [-0.15, -0.1) is 0 Å². The van der Waals surface area contributed by atoms with Crippen molar-refractivity contribution < 1.29 is 0 Å². The van der Waals surface area contributed by atoms with E-state index in [1.54, 1.807) is 0 Å². The van der Waals surface area contributed by atoms with Crippen molar-refractivity contribution >= 4 is 0 Å². The van der Waals surface area contributed by atoms with E-state index in [9.17, 15) is 0 Å². The predicted molar refractivity (Wildman–Crippen MR) is 65.7 cm³/mol. The molecule has 1 heteroatoms. The van der Waals surface area contributed by atoms with E-state index in [1.807, 2.05) is 0 Å². The molecule has 0 unspecified atom stereocenters. The molecule has 0 aromatic carbocycles. The lowest BCUT2D eigenvalue weighted by Crippen LogP contribution is -2.44. The largest absolute Gasteiger partial charge is 0.325 e. The minimum absolute atomic E-state index is 0.223. The van der Waals surface area contributed by atoms with Gasteiger partial charge in [0, 0.05) is 5.54 Å². The van der Waals surface area contributed by atoms with Crippen LogP contribution in [0.1, 0.15) is 71.1 Å². The molecule has 2 aliphatic carbocycles. The van der Waals surface area contributed by atoms with Crippen LogP contribution in [0, 0.1) is 11.8 Å². The van der Waals surface area contributed by atoms with Crippen LogP contribution in [0.2, 0.25) is 0 Å². The molecule has 0 aromatic rings. The first kappa shape index (κ1) is 11.4. The average Bonchev–Trinajstić information content (AvgIpc) is 2.71. The van der Waals surface area contributed by atoms with Gasteiger partial charge < -0.3 is 5.73 Å². The Hall–Kier alpha value is -0.0400. The molecule has 1 nitrogen and oxygen atoms in total. The Morgan fingerprint density at radius 2 is 1.60 bits per heavy atom. The molecule has 0 bridgehead atoms. The maximum Gasteiger partial charge on any atom is 0.0157 e. The van der Waals surface area contributed by atoms with Crippen molar-refractivity contribution in [2.45, 2.75) is 76.7 Å². The molecule has 0 heterocycles. The summed E-state index contributed by atoms with van der Waals surface area (Å²) in [7, 11) is 0. The van der Waals surface area contributed by atoms with Crippen LogP contribution in [0.25, 0.3) is 0 Å². The van der Waals surface area contributed by atoms with E-state index in [4.69, 9.17) is 5.73 Å². The summed E-state index contributed by atoms with van der Waals surface area (Å²) in [5.74, 6) is 1.94. The molecular formula is C14H27N. The van der Waals surface area contributed by atoms with Crippen LogP contribution >= 0.6 is 0 Å². The summed E-state index contributed by atoms with van der Waals surface area (Å²) in [6.45, 7) is 2.32. The predicted octanol–water partition coefficient (Wildman–Crippen LogP) is 3.86. The van der Waals surface area contributed by atoms with Gasteiger partial charge in [0.25, 0.3) is 0 Å². The summed E-state index contributed by atoms with van der Waals surface area (Å²) in [4.78, 5) is 0. The van der Waals surface area contributed by atoms with E-state index >= 15 is 0 Å². The summed E-state index contributed by atoms with van der Waals surface area (Å²) in [6, 6.07) is 0. The first-order valence-electron chi connectivity index (χ1n) is 7.01. The fourth-order valence-electron chi connectivity index (χ4n) is 3.65. The molecule has 0 aromatic heterocycles. The van der Waals surface area contributed by atoms with Crippen molar-refractivity contribution in [3.8, 4) is 0 Å². The molecule has 0 atom stereocenters. The second kappa shape index (κ2) is 4.86. The summed E-state index contributed by atoms with van der Waals surface area (Å²) >= 11 is 0. The Morgan fingerprint density at radius 1 is 1.00 bits per heavy atom. The van der Waals surface area contributed by atoms with Crippen LogP contribution in [-0.2, 0) is 0 Å². The lowest BCUT2D eigenvalue weighted by Gasteiger charge is -2.38. The van der Waals surface area contributed by atoms with E-state index in [1.165, 1.54) is 64.2 Å². The quantitative estimate of drug-likeness (QED) is 0.750. The third-order valence-electron chi connectivity index (χ3n) is 4.85. The Morgan fingerprint density at radius 3 is 2.13 bits per heavy atom. The van der Waals surface area contributed by atoms with Gasteiger partial charge in [0.2, 0.25) is 0 Å². The van der Waals surface area contributed by atoms with Crippen molar-refractivity contribution in [1.82, 2.24) is 0 Å². The molecule has 2 N–H and O–H groups in total. The van der Waals surface area contributed by atoms with Crippen LogP contribution in [0.15, 0.2) is 0 Å². The van der Waals surface area contributed by atoms with Crippen molar-refractivity contribution in [3.63, 3.8) is 0 Å². The van der Waals surface area contributed by atoms with E-state index < -0.39 is 0 Å². The summed E-state index contributed by atoms with van der Waals surface area (Å²) in [6.07, 6.45) is 13.9. The van der Waals surface area contributed by atoms with E-state index in [0.717, 1.165) is 11.8 Å². The second-order valence-corrected chi connectivity index (χ2v) is 6.07. The molecule has 2 fully saturated rings. The van der Waals surface area contributed by atoms with Gasteiger partial charge in [-0.2, -0.15) is 0 Å². The standard InChI is InChI=1S/C14H27N/c1-2-12-7-9-14(15,10-8-12)11-13-5-3-4-6-13/h12-13H,2-11,15H2,1H3. The molecular weight excluding hydrogens is 182 g/mol. The maximum absolute atomic E-state index is 6.56. The third kappa shape index (κ3) is 2.96. The summed E-state index contributed by atoms with van der Waals surface area (Å²) < 4.78 is 0. The first-order chi connectivity index (χ1) is 7.22. The first-order valence-corrected chi connectivity index (χ1v) is 7.01. The fourth-order valence-corrected chi connectivity index (χ4v) is 3.65. The zero-order valence-electron chi connectivity index (χ0n) is 10.3. The zero-order valence-corrected chi connectivity index (χ0v) is 10.3. The van der Waals surface area contributed by atoms with Crippen LogP contribution in [-0.4, -0.2) is 5.54 Å². The van der Waals surface area contributed by atoms with Gasteiger partial charge in [-0.05, 0) is 43.9 Å². The molecule has 0 saturated heterocycles. The molecule has 0 aliphatic heterocycles. The smallest absolute Gasteiger partial charge is 0.0157 e. The monoisotopic (exact) mass is 209 g/mol. The van der Waals surface area contributed by atoms with Gasteiger partial charge in [0.15, 0.2) is 0 Å². The normalized spacial score (nSPS) is 38.4. The van der Waals surface area contributed by atoms with Gasteiger partial charge in [-0.25, -0.2) is 0 Å². The molecule has 0 spiro atoms. The number of rotatable bonds is 3. The minimum Gasteiger partial charge on any atom is -0.325 e. The van der Waals surface area contributed by atoms with Crippen LogP contribution in [0.5, 0.6) is 0 Å². The highest BCUT2D eigenvalue weighted by Crippen LogP contribution is 2.39. The van der Waals surface area contributed by atoms with E-state index in [2.05, 4.69) is 6.92 Å². The van der Waals surface area contributed by atoms with Crippen LogP contribution in [0.4, 0.5) is 0 Å². The minimum atomic E-state index is 0.223. The van der Waals surface area contributed by atoms with E-state index in [-0.39, 0.29) is 5.54 Å². The fraction of sp³-hybridized carbons (Fsp3) is 1.00. The topological polar surface area (TPSA) is 26.0 Å². The Bertz CT molecular complexity index is 186. The molecule has 2 saturated carbocycles. The van der Waals surface area contributed by atoms with Crippen molar-refractivity contribution in [2.75, 3.05) is 0 Å². The molecule has 2 rings (SSSR count). The van der Waals surface area contributed by atoms with Crippen molar-refractivity contribution in [2.24, 2.45) is 17.6 Å². The second-order valence-electron chi connectivity index (χ2n) is 6.07. The van der Waals surface area contributed by atoms with E-state index in [0.29, 0.717) is 0 Å². The molecule has 15 heavy (non-hydrogen) atoms. The van der Waals surface area contributed by atoms with Gasteiger partial charge in [0.1, 0.15) is 0 Å². The molecule has 0 amide bonds. The highest BCUT2D eigenvalue weighted by molar-refractivity contribution is 4.92. The van der Waals surface area contributed by atoms with Crippen LogP contribution in [0.3, 0.4) is 0 Å². The SMILES string of the molecule is CCC1CCC(N)(CC2CCCC2)CC1. The Balaban J connectivity index is 1.80. The molecule has 0 radical (unpaired) electrons. The van der Waals surface area contributed by atoms with Gasteiger partial charge in [-0.3, -0.25) is 0 Å². The molecule has 88 valence electrons. The van der Waals surface area contributed by atoms with Gasteiger partial charge in [-0.1, -0.05) is 39.0 Å². The van der Waals surface area contributed by atoms with Crippen molar-refractivity contribution in [3.05, 3.63) is 0 Å². The average molecular weight is 209 g/mol.